The molecular formula is C16H18ClNO2. The first-order valence-electron chi connectivity index (χ1n) is 6.23. The molecule has 0 aliphatic rings. The Hall–Kier alpha value is -1.68. The fourth-order valence-electron chi connectivity index (χ4n) is 1.80. The van der Waals surface area contributed by atoms with E-state index in [1.165, 1.54) is 0 Å². The fraction of sp³-hybridized carbons (Fsp3) is 0.188. The highest BCUT2D eigenvalue weighted by molar-refractivity contribution is 5.99. The van der Waals surface area contributed by atoms with Crippen LogP contribution in [-0.2, 0) is 11.3 Å². The van der Waals surface area contributed by atoms with Gasteiger partial charge in [0.05, 0.1) is 6.61 Å². The van der Waals surface area contributed by atoms with E-state index in [2.05, 4.69) is 5.32 Å². The largest absolute Gasteiger partial charge is 0.351 e. The van der Waals surface area contributed by atoms with Gasteiger partial charge in [-0.1, -0.05) is 60.7 Å². The Morgan fingerprint density at radius 3 is 2.15 bits per heavy atom. The Kier molecular flexibility index (Phi) is 6.94. The predicted molar refractivity (Wildman–Crippen MR) is 82.1 cm³/mol. The van der Waals surface area contributed by atoms with Crippen LogP contribution in [0.5, 0.6) is 0 Å². The van der Waals surface area contributed by atoms with Crippen molar-refractivity contribution >= 4 is 18.2 Å². The summed E-state index contributed by atoms with van der Waals surface area (Å²) in [4.78, 5) is 12.2. The lowest BCUT2D eigenvalue weighted by atomic mass is 10.1. The molecule has 0 bridgehead atoms. The van der Waals surface area contributed by atoms with Crippen LogP contribution in [0.3, 0.4) is 0 Å². The molecule has 0 aliphatic carbocycles. The number of hydrogen-bond acceptors (Lipinski definition) is 3. The highest BCUT2D eigenvalue weighted by Crippen LogP contribution is 2.07. The number of benzene rings is 2. The average Bonchev–Trinajstić information content (AvgIpc) is 2.49. The third kappa shape index (κ3) is 4.46. The average molecular weight is 292 g/mol. The Bertz CT molecular complexity index is 517. The van der Waals surface area contributed by atoms with Crippen LogP contribution < -0.4 is 5.32 Å². The number of likely N-dealkylation sites (N-methyl/N-ethyl adjacent to an activating group) is 1. The molecule has 0 heterocycles. The number of rotatable bonds is 6. The second-order valence-electron chi connectivity index (χ2n) is 4.20. The van der Waals surface area contributed by atoms with Gasteiger partial charge in [-0.15, -0.1) is 12.4 Å². The van der Waals surface area contributed by atoms with Crippen LogP contribution in [0.15, 0.2) is 60.7 Å². The van der Waals surface area contributed by atoms with E-state index < -0.39 is 6.23 Å². The molecule has 0 radical (unpaired) electrons. The van der Waals surface area contributed by atoms with E-state index in [9.17, 15) is 4.79 Å². The highest BCUT2D eigenvalue weighted by atomic mass is 35.5. The molecule has 0 spiro atoms. The van der Waals surface area contributed by atoms with Gasteiger partial charge in [0.2, 0.25) is 5.78 Å². The maximum absolute atomic E-state index is 12.2. The van der Waals surface area contributed by atoms with E-state index in [1.807, 2.05) is 48.5 Å². The molecule has 2 rings (SSSR count). The van der Waals surface area contributed by atoms with Gasteiger partial charge in [-0.3, -0.25) is 10.1 Å². The summed E-state index contributed by atoms with van der Waals surface area (Å²) in [6.45, 7) is 0.408. The lowest BCUT2D eigenvalue weighted by molar-refractivity contribution is 0.0230. The second kappa shape index (κ2) is 8.48. The van der Waals surface area contributed by atoms with Crippen LogP contribution in [0.2, 0.25) is 0 Å². The van der Waals surface area contributed by atoms with E-state index in [4.69, 9.17) is 4.74 Å². The summed E-state index contributed by atoms with van der Waals surface area (Å²) in [5.41, 5.74) is 1.69. The van der Waals surface area contributed by atoms with E-state index in [0.717, 1.165) is 5.56 Å². The second-order valence-corrected chi connectivity index (χ2v) is 4.20. The van der Waals surface area contributed by atoms with Crippen LogP contribution in [0, 0.1) is 0 Å². The highest BCUT2D eigenvalue weighted by Gasteiger charge is 2.18. The van der Waals surface area contributed by atoms with Crippen LogP contribution in [0.25, 0.3) is 0 Å². The Morgan fingerprint density at radius 1 is 1.05 bits per heavy atom. The van der Waals surface area contributed by atoms with Gasteiger partial charge in [0.25, 0.3) is 0 Å². The lowest BCUT2D eigenvalue weighted by Gasteiger charge is -2.16. The summed E-state index contributed by atoms with van der Waals surface area (Å²) in [5.74, 6) is -0.0565. The Balaban J connectivity index is 0.00000200. The molecule has 0 amide bonds. The minimum atomic E-state index is -0.623. The van der Waals surface area contributed by atoms with Gasteiger partial charge in [-0.2, -0.15) is 0 Å². The summed E-state index contributed by atoms with van der Waals surface area (Å²) in [6.07, 6.45) is -0.623. The van der Waals surface area contributed by atoms with Crippen molar-refractivity contribution in [2.24, 2.45) is 0 Å². The number of carbonyl (C=O) groups excluding carboxylic acids is 1. The van der Waals surface area contributed by atoms with Crippen LogP contribution in [-0.4, -0.2) is 19.1 Å². The van der Waals surface area contributed by atoms with Gasteiger partial charge in [-0.05, 0) is 12.6 Å². The topological polar surface area (TPSA) is 38.3 Å². The SMILES string of the molecule is CNC(OCc1ccccc1)C(=O)c1ccccc1.Cl. The Morgan fingerprint density at radius 2 is 1.60 bits per heavy atom. The maximum atomic E-state index is 12.2. The van der Waals surface area contributed by atoms with Gasteiger partial charge in [0.1, 0.15) is 0 Å². The van der Waals surface area contributed by atoms with Gasteiger partial charge >= 0.3 is 0 Å². The lowest BCUT2D eigenvalue weighted by Crippen LogP contribution is -2.36. The monoisotopic (exact) mass is 291 g/mol. The zero-order valence-corrected chi connectivity index (χ0v) is 12.1. The maximum Gasteiger partial charge on any atom is 0.206 e. The van der Waals surface area contributed by atoms with E-state index >= 15 is 0 Å². The van der Waals surface area contributed by atoms with Crippen LogP contribution in [0.1, 0.15) is 15.9 Å². The first kappa shape index (κ1) is 16.4. The molecule has 2 aromatic carbocycles. The molecule has 0 aromatic heterocycles. The molecule has 1 N–H and O–H groups in total. The summed E-state index contributed by atoms with van der Waals surface area (Å²) in [6, 6.07) is 19.0. The molecule has 4 heteroatoms. The molecule has 0 aliphatic heterocycles. The van der Waals surface area contributed by atoms with E-state index in [0.29, 0.717) is 12.2 Å². The van der Waals surface area contributed by atoms with E-state index in [-0.39, 0.29) is 18.2 Å². The fourth-order valence-corrected chi connectivity index (χ4v) is 1.80. The molecule has 2 aromatic rings. The van der Waals surface area contributed by atoms with Crippen molar-refractivity contribution < 1.29 is 9.53 Å². The van der Waals surface area contributed by atoms with Crippen molar-refractivity contribution in [1.29, 1.82) is 0 Å². The standard InChI is InChI=1S/C16H17NO2.ClH/c1-17-16(15(18)14-10-6-3-7-11-14)19-12-13-8-4-2-5-9-13;/h2-11,16-17H,12H2,1H3;1H. The van der Waals surface area contributed by atoms with Crippen molar-refractivity contribution in [3.8, 4) is 0 Å². The van der Waals surface area contributed by atoms with Gasteiger partial charge < -0.3 is 4.74 Å². The number of nitrogens with one attached hydrogen (secondary N) is 1. The number of Topliss-reactive ketones (excluding diaryl/α,β-unsaturated/α-hetero) is 1. The number of halogens is 1. The normalized spacial score (nSPS) is 11.4. The van der Waals surface area contributed by atoms with Crippen LogP contribution in [0.4, 0.5) is 0 Å². The summed E-state index contributed by atoms with van der Waals surface area (Å²) in [7, 11) is 1.72. The van der Waals surface area contributed by atoms with Crippen molar-refractivity contribution in [3.63, 3.8) is 0 Å². The zero-order chi connectivity index (χ0) is 13.5. The predicted octanol–water partition coefficient (Wildman–Crippen LogP) is 3.05. The number of ether oxygens (including phenoxy) is 1. The molecule has 0 saturated carbocycles. The molecule has 3 nitrogen and oxygen atoms in total. The molecular weight excluding hydrogens is 274 g/mol. The third-order valence-corrected chi connectivity index (χ3v) is 2.82. The minimum absolute atomic E-state index is 0. The van der Waals surface area contributed by atoms with Gasteiger partial charge in [0, 0.05) is 5.56 Å². The van der Waals surface area contributed by atoms with E-state index in [1.54, 1.807) is 19.2 Å². The quantitative estimate of drug-likeness (QED) is 0.657. The molecule has 106 valence electrons. The number of ketones is 1. The zero-order valence-electron chi connectivity index (χ0n) is 11.3. The first-order valence-corrected chi connectivity index (χ1v) is 6.23. The van der Waals surface area contributed by atoms with Gasteiger partial charge in [-0.25, -0.2) is 0 Å². The summed E-state index contributed by atoms with van der Waals surface area (Å²) < 4.78 is 5.63. The van der Waals surface area contributed by atoms with Crippen molar-refractivity contribution in [2.75, 3.05) is 7.05 Å². The third-order valence-electron chi connectivity index (χ3n) is 2.82. The molecule has 0 saturated heterocycles. The number of carbonyl (C=O) groups is 1. The van der Waals surface area contributed by atoms with Crippen molar-refractivity contribution in [2.45, 2.75) is 12.8 Å². The first-order chi connectivity index (χ1) is 9.31. The number of hydrogen-bond donors (Lipinski definition) is 1. The Labute approximate surface area is 125 Å². The molecule has 1 atom stereocenters. The molecule has 1 unspecified atom stereocenters. The molecule has 20 heavy (non-hydrogen) atoms. The minimum Gasteiger partial charge on any atom is -0.351 e. The van der Waals surface area contributed by atoms with Gasteiger partial charge in [0.15, 0.2) is 6.23 Å². The molecule has 0 fully saturated rings. The smallest absolute Gasteiger partial charge is 0.206 e. The summed E-state index contributed by atoms with van der Waals surface area (Å²) >= 11 is 0. The van der Waals surface area contributed by atoms with Crippen molar-refractivity contribution in [3.05, 3.63) is 71.8 Å². The summed E-state index contributed by atoms with van der Waals surface area (Å²) in [5, 5.41) is 2.90. The van der Waals surface area contributed by atoms with Crippen molar-refractivity contribution in [1.82, 2.24) is 5.32 Å². The van der Waals surface area contributed by atoms with Crippen LogP contribution >= 0.6 is 12.4 Å².